The summed E-state index contributed by atoms with van der Waals surface area (Å²) >= 11 is -0.00698. The van der Waals surface area contributed by atoms with Crippen LogP contribution in [0.5, 0.6) is 0 Å². The third kappa shape index (κ3) is 25.0. The van der Waals surface area contributed by atoms with Gasteiger partial charge in [0.1, 0.15) is 0 Å². The van der Waals surface area contributed by atoms with Crippen molar-refractivity contribution < 1.29 is 0 Å². The fourth-order valence-electron chi connectivity index (χ4n) is 0.943. The van der Waals surface area contributed by atoms with E-state index in [2.05, 4.69) is 52.2 Å². The molecule has 0 spiro atoms. The van der Waals surface area contributed by atoms with Gasteiger partial charge >= 0.3 is 243 Å². The Labute approximate surface area is 240 Å². The molecular weight excluding hydrogens is 818 g/mol. The van der Waals surface area contributed by atoms with E-state index in [1.165, 1.54) is 3.61 Å². The molecule has 1 aromatic rings. The van der Waals surface area contributed by atoms with Crippen molar-refractivity contribution >= 4 is 81.3 Å². The molecule has 0 amide bonds. The Kier molecular flexibility index (Phi) is 22.0. The zero-order valence-electron chi connectivity index (χ0n) is 21.8. The van der Waals surface area contributed by atoms with E-state index < -0.39 is 0 Å². The molecule has 0 N–H and O–H groups in total. The normalized spacial score (nSPS) is 10.6. The molecule has 0 aliphatic heterocycles. The van der Waals surface area contributed by atoms with E-state index in [-0.39, 0.29) is 77.5 Å². The molecule has 0 radical (unpaired) electrons. The van der Waals surface area contributed by atoms with Crippen LogP contribution >= 0.6 is 0 Å². The standard InChI is InChI=1S/C10H11NTe.C5H9NSe.2C5H9NTe/c1-10(2,8-11)12-9-6-4-3-5-7-9;3*1-5(2,4-6)7-3/h3-7H,1-2H3;3*1-3H3. The molecule has 0 aromatic heterocycles. The third-order valence-electron chi connectivity index (χ3n) is 3.72. The second kappa shape index (κ2) is 19.3. The first-order valence-electron chi connectivity index (χ1n) is 10.1. The zero-order valence-corrected chi connectivity index (χ0v) is 30.5. The van der Waals surface area contributed by atoms with Crippen LogP contribution in [0.1, 0.15) is 55.4 Å². The van der Waals surface area contributed by atoms with Gasteiger partial charge in [-0.3, -0.25) is 0 Å². The van der Waals surface area contributed by atoms with Crippen LogP contribution in [0.25, 0.3) is 0 Å². The quantitative estimate of drug-likeness (QED) is 0.334. The summed E-state index contributed by atoms with van der Waals surface area (Å²) in [6.07, 6.45) is 0. The summed E-state index contributed by atoms with van der Waals surface area (Å²) in [4.78, 5) is 4.29. The average molecular weight is 856 g/mol. The van der Waals surface area contributed by atoms with Crippen molar-refractivity contribution in [1.82, 2.24) is 0 Å². The summed E-state index contributed by atoms with van der Waals surface area (Å²) in [5, 5.41) is 34.0. The average Bonchev–Trinajstić information content (AvgIpc) is 2.80. The molecule has 33 heavy (non-hydrogen) atoms. The van der Waals surface area contributed by atoms with Crippen molar-refractivity contribution in [3.63, 3.8) is 0 Å². The molecular formula is C25H38N4SeTe3. The van der Waals surface area contributed by atoms with Gasteiger partial charge < -0.3 is 0 Å². The van der Waals surface area contributed by atoms with Crippen molar-refractivity contribution in [2.24, 2.45) is 0 Å². The van der Waals surface area contributed by atoms with Gasteiger partial charge in [-0.15, -0.1) is 0 Å². The van der Waals surface area contributed by atoms with Crippen LogP contribution in [-0.2, 0) is 0 Å². The molecule has 182 valence electrons. The Morgan fingerprint density at radius 3 is 1.18 bits per heavy atom. The van der Waals surface area contributed by atoms with Gasteiger partial charge in [-0.25, -0.2) is 0 Å². The van der Waals surface area contributed by atoms with Crippen LogP contribution in [0.3, 0.4) is 0 Å². The summed E-state index contributed by atoms with van der Waals surface area (Å²) < 4.78 is 1.23. The Bertz CT molecular complexity index is 763. The molecule has 0 heterocycles. The van der Waals surface area contributed by atoms with E-state index in [1.54, 1.807) is 0 Å². The predicted octanol–water partition coefficient (Wildman–Crippen LogP) is 6.12. The topological polar surface area (TPSA) is 95.2 Å². The van der Waals surface area contributed by atoms with E-state index in [0.29, 0.717) is 15.0 Å². The molecule has 0 bridgehead atoms. The zero-order chi connectivity index (χ0) is 26.8. The molecule has 0 unspecified atom stereocenters. The number of rotatable bonds is 5. The molecule has 1 aromatic carbocycles. The summed E-state index contributed by atoms with van der Waals surface area (Å²) in [7, 11) is 0. The summed E-state index contributed by atoms with van der Waals surface area (Å²) in [6.45, 7) is 15.9. The number of benzene rings is 1. The first-order valence-corrected chi connectivity index (χ1v) is 21.9. The first kappa shape index (κ1) is 37.6. The molecule has 0 atom stereocenters. The molecule has 8 heteroatoms. The number of hydrogen-bond acceptors (Lipinski definition) is 4. The maximum absolute atomic E-state index is 8.84. The number of hydrogen-bond donors (Lipinski definition) is 0. The van der Waals surface area contributed by atoms with Gasteiger partial charge in [-0.2, -0.15) is 0 Å². The van der Waals surface area contributed by atoms with Gasteiger partial charge in [-0.05, 0) is 0 Å². The van der Waals surface area contributed by atoms with Crippen LogP contribution < -0.4 is 3.61 Å². The fraction of sp³-hybridized carbons (Fsp3) is 0.600. The van der Waals surface area contributed by atoms with E-state index in [0.717, 1.165) is 0 Å². The number of nitriles is 4. The summed E-state index contributed by atoms with van der Waals surface area (Å²) in [6, 6.07) is 19.4. The molecule has 0 saturated heterocycles. The van der Waals surface area contributed by atoms with Gasteiger partial charge in [-0.1, -0.05) is 0 Å². The van der Waals surface area contributed by atoms with Crippen LogP contribution in [0.2, 0.25) is 30.5 Å². The van der Waals surface area contributed by atoms with Crippen molar-refractivity contribution in [1.29, 1.82) is 21.0 Å². The third-order valence-corrected chi connectivity index (χ3v) is 15.6. The van der Waals surface area contributed by atoms with Crippen LogP contribution in [0, 0.1) is 45.3 Å². The monoisotopic (exact) mass is 864 g/mol. The van der Waals surface area contributed by atoms with Crippen molar-refractivity contribution in [2.45, 2.75) is 85.9 Å². The first-order chi connectivity index (χ1) is 15.0. The molecule has 0 aliphatic carbocycles. The second-order valence-electron chi connectivity index (χ2n) is 8.52. The molecule has 0 fully saturated rings. The van der Waals surface area contributed by atoms with Gasteiger partial charge in [0.05, 0.1) is 0 Å². The van der Waals surface area contributed by atoms with Crippen LogP contribution in [0.4, 0.5) is 0 Å². The minimum absolute atomic E-state index is 0.0189. The Morgan fingerprint density at radius 2 is 1.00 bits per heavy atom. The molecule has 0 saturated carbocycles. The summed E-state index contributed by atoms with van der Waals surface area (Å²) in [5.74, 6) is 2.08. The van der Waals surface area contributed by atoms with Gasteiger partial charge in [0, 0.05) is 0 Å². The van der Waals surface area contributed by atoms with Crippen LogP contribution in [0.15, 0.2) is 30.3 Å². The van der Waals surface area contributed by atoms with Crippen molar-refractivity contribution in [3.8, 4) is 24.3 Å². The Morgan fingerprint density at radius 1 is 0.636 bits per heavy atom. The minimum atomic E-state index is -0.363. The Hall–Kier alpha value is 0.0683. The molecule has 4 nitrogen and oxygen atoms in total. The van der Waals surface area contributed by atoms with E-state index in [4.69, 9.17) is 21.0 Å². The summed E-state index contributed by atoms with van der Waals surface area (Å²) in [5.41, 5.74) is 0. The second-order valence-corrected chi connectivity index (χ2v) is 24.5. The molecule has 0 aliphatic rings. The molecule has 1 rings (SSSR count). The van der Waals surface area contributed by atoms with E-state index >= 15 is 0 Å². The SMILES string of the molecule is CC(C)(C#N)[Te]c1ccccc1.C[Se]C(C)(C)C#N.C[Te]C(C)(C)C#N.C[Te]C(C)(C)C#N. The maximum atomic E-state index is 8.84. The van der Waals surface area contributed by atoms with Gasteiger partial charge in [0.25, 0.3) is 0 Å². The van der Waals surface area contributed by atoms with Crippen molar-refractivity contribution in [2.75, 3.05) is 0 Å². The fourth-order valence-corrected chi connectivity index (χ4v) is 4.30. The van der Waals surface area contributed by atoms with Crippen LogP contribution in [-0.4, -0.2) is 77.7 Å². The van der Waals surface area contributed by atoms with Gasteiger partial charge in [0.2, 0.25) is 0 Å². The predicted molar refractivity (Wildman–Crippen MR) is 145 cm³/mol. The van der Waals surface area contributed by atoms with Gasteiger partial charge in [0.15, 0.2) is 0 Å². The number of nitrogens with zero attached hydrogens (tertiary/aromatic N) is 4. The van der Waals surface area contributed by atoms with Crippen molar-refractivity contribution in [3.05, 3.63) is 30.3 Å². The van der Waals surface area contributed by atoms with E-state index in [9.17, 15) is 0 Å². The Balaban J connectivity index is -0.000000379. The van der Waals surface area contributed by atoms with E-state index in [1.807, 2.05) is 73.6 Å².